The number of hydrogen-bond acceptors (Lipinski definition) is 4. The molecule has 1 aromatic carbocycles. The number of carbonyl (C=O) groups is 1. The van der Waals surface area contributed by atoms with E-state index in [1.807, 2.05) is 0 Å². The number of amides is 1. The molecule has 0 atom stereocenters. The van der Waals surface area contributed by atoms with E-state index in [4.69, 9.17) is 0 Å². The largest absolute Gasteiger partial charge is 0.382 e. The van der Waals surface area contributed by atoms with Crippen LogP contribution >= 0.6 is 0 Å². The highest BCUT2D eigenvalue weighted by molar-refractivity contribution is 7.89. The first kappa shape index (κ1) is 16.8. The highest BCUT2D eigenvalue weighted by atomic mass is 32.2. The van der Waals surface area contributed by atoms with Crippen molar-refractivity contribution >= 4 is 21.6 Å². The van der Waals surface area contributed by atoms with E-state index in [1.54, 1.807) is 6.07 Å². The third-order valence-corrected chi connectivity index (χ3v) is 5.42. The first-order chi connectivity index (χ1) is 10.5. The van der Waals surface area contributed by atoms with Crippen molar-refractivity contribution in [3.05, 3.63) is 23.8 Å². The van der Waals surface area contributed by atoms with E-state index < -0.39 is 10.0 Å². The number of benzene rings is 1. The molecule has 22 heavy (non-hydrogen) atoms. The lowest BCUT2D eigenvalue weighted by Gasteiger charge is -2.25. The minimum Gasteiger partial charge on any atom is -0.382 e. The van der Waals surface area contributed by atoms with Crippen LogP contribution in [0, 0.1) is 0 Å². The summed E-state index contributed by atoms with van der Waals surface area (Å²) in [6.07, 6.45) is 5.76. The van der Waals surface area contributed by atoms with Gasteiger partial charge in [-0.15, -0.1) is 0 Å². The van der Waals surface area contributed by atoms with E-state index in [9.17, 15) is 13.2 Å². The summed E-state index contributed by atoms with van der Waals surface area (Å²) < 4.78 is 26.1. The van der Waals surface area contributed by atoms with Crippen molar-refractivity contribution in [3.63, 3.8) is 0 Å². The summed E-state index contributed by atoms with van der Waals surface area (Å²) in [5.41, 5.74) is 1.03. The lowest BCUT2D eigenvalue weighted by atomic mass is 9.95. The molecule has 0 bridgehead atoms. The van der Waals surface area contributed by atoms with E-state index in [0.717, 1.165) is 12.8 Å². The van der Waals surface area contributed by atoms with E-state index >= 15 is 0 Å². The lowest BCUT2D eigenvalue weighted by Crippen LogP contribution is -2.26. The first-order valence-corrected chi connectivity index (χ1v) is 9.02. The Morgan fingerprint density at radius 2 is 1.82 bits per heavy atom. The molecule has 0 aromatic heterocycles. The van der Waals surface area contributed by atoms with Crippen molar-refractivity contribution in [1.29, 1.82) is 0 Å². The molecule has 122 valence electrons. The van der Waals surface area contributed by atoms with Gasteiger partial charge in [0.2, 0.25) is 10.0 Å². The summed E-state index contributed by atoms with van der Waals surface area (Å²) in [5, 5.41) is 5.95. The van der Waals surface area contributed by atoms with Gasteiger partial charge in [-0.05, 0) is 38.1 Å². The Bertz CT molecular complexity index is 637. The van der Waals surface area contributed by atoms with Crippen LogP contribution < -0.4 is 15.4 Å². The van der Waals surface area contributed by atoms with Crippen LogP contribution in [0.3, 0.4) is 0 Å². The second-order valence-corrected chi connectivity index (χ2v) is 7.36. The molecule has 1 aliphatic rings. The van der Waals surface area contributed by atoms with Crippen LogP contribution in [0.5, 0.6) is 0 Å². The monoisotopic (exact) mass is 325 g/mol. The molecule has 1 amide bonds. The normalized spacial score (nSPS) is 16.3. The number of carbonyl (C=O) groups excluding carboxylic acids is 1. The zero-order chi connectivity index (χ0) is 16.2. The van der Waals surface area contributed by atoms with E-state index in [0.29, 0.717) is 17.3 Å². The van der Waals surface area contributed by atoms with Crippen LogP contribution in [-0.2, 0) is 10.0 Å². The number of anilines is 1. The number of rotatable bonds is 5. The summed E-state index contributed by atoms with van der Waals surface area (Å²) in [4.78, 5) is 12.2. The minimum atomic E-state index is -3.57. The maximum Gasteiger partial charge on any atom is 0.253 e. The van der Waals surface area contributed by atoms with Crippen LogP contribution in [0.15, 0.2) is 23.1 Å². The van der Waals surface area contributed by atoms with Crippen molar-refractivity contribution in [2.24, 2.45) is 0 Å². The van der Waals surface area contributed by atoms with E-state index in [1.165, 1.54) is 45.5 Å². The predicted molar refractivity (Wildman–Crippen MR) is 86.6 cm³/mol. The zero-order valence-electron chi connectivity index (χ0n) is 13.0. The summed E-state index contributed by atoms with van der Waals surface area (Å²) in [6.45, 7) is 0. The standard InChI is InChI=1S/C15H23N3O3S/c1-16-15(19)13-10-12(22(20,21)17-2)8-9-14(13)18-11-6-4-3-5-7-11/h8-11,17-18H,3-7H2,1-2H3,(H,16,19). The summed E-state index contributed by atoms with van der Waals surface area (Å²) in [7, 11) is -0.686. The van der Waals surface area contributed by atoms with Crippen molar-refractivity contribution in [3.8, 4) is 0 Å². The third-order valence-electron chi connectivity index (χ3n) is 4.01. The molecule has 1 fully saturated rings. The minimum absolute atomic E-state index is 0.0859. The van der Waals surface area contributed by atoms with Crippen LogP contribution in [-0.4, -0.2) is 34.5 Å². The van der Waals surface area contributed by atoms with Gasteiger partial charge in [0, 0.05) is 18.8 Å². The quantitative estimate of drug-likeness (QED) is 0.769. The Hall–Kier alpha value is -1.60. The fourth-order valence-corrected chi connectivity index (χ4v) is 3.48. The number of sulfonamides is 1. The number of hydrogen-bond donors (Lipinski definition) is 3. The van der Waals surface area contributed by atoms with Crippen LogP contribution in [0.25, 0.3) is 0 Å². The molecular formula is C15H23N3O3S. The van der Waals surface area contributed by atoms with Crippen LogP contribution in [0.1, 0.15) is 42.5 Å². The van der Waals surface area contributed by atoms with E-state index in [2.05, 4.69) is 15.4 Å². The van der Waals surface area contributed by atoms with Gasteiger partial charge in [-0.2, -0.15) is 0 Å². The van der Waals surface area contributed by atoms with Crippen molar-refractivity contribution < 1.29 is 13.2 Å². The SMILES string of the molecule is CNC(=O)c1cc(S(=O)(=O)NC)ccc1NC1CCCCC1. The van der Waals surface area contributed by atoms with E-state index in [-0.39, 0.29) is 10.8 Å². The number of nitrogens with one attached hydrogen (secondary N) is 3. The molecule has 0 unspecified atom stereocenters. The Morgan fingerprint density at radius 3 is 2.41 bits per heavy atom. The lowest BCUT2D eigenvalue weighted by molar-refractivity contribution is 0.0963. The molecule has 1 saturated carbocycles. The molecule has 0 spiro atoms. The van der Waals surface area contributed by atoms with Gasteiger partial charge in [-0.25, -0.2) is 13.1 Å². The summed E-state index contributed by atoms with van der Waals surface area (Å²) >= 11 is 0. The average molecular weight is 325 g/mol. The Kier molecular flexibility index (Phi) is 5.42. The highest BCUT2D eigenvalue weighted by Gasteiger charge is 2.20. The van der Waals surface area contributed by atoms with Gasteiger partial charge >= 0.3 is 0 Å². The average Bonchev–Trinajstić information content (AvgIpc) is 2.55. The molecule has 3 N–H and O–H groups in total. The summed E-state index contributed by atoms with van der Waals surface area (Å²) in [5.74, 6) is -0.300. The Morgan fingerprint density at radius 1 is 1.14 bits per heavy atom. The van der Waals surface area contributed by atoms with Gasteiger partial charge in [0.15, 0.2) is 0 Å². The Labute approximate surface area is 131 Å². The van der Waals surface area contributed by atoms with Gasteiger partial charge in [0.05, 0.1) is 10.5 Å². The first-order valence-electron chi connectivity index (χ1n) is 7.54. The molecule has 0 heterocycles. The molecular weight excluding hydrogens is 302 g/mol. The van der Waals surface area contributed by atoms with Gasteiger partial charge in [-0.3, -0.25) is 4.79 Å². The fraction of sp³-hybridized carbons (Fsp3) is 0.533. The van der Waals surface area contributed by atoms with Crippen LogP contribution in [0.2, 0.25) is 0 Å². The van der Waals surface area contributed by atoms with Gasteiger partial charge in [0.25, 0.3) is 5.91 Å². The third kappa shape index (κ3) is 3.78. The van der Waals surface area contributed by atoms with Gasteiger partial charge < -0.3 is 10.6 Å². The molecule has 2 rings (SSSR count). The molecule has 0 aliphatic heterocycles. The predicted octanol–water partition coefficient (Wildman–Crippen LogP) is 1.70. The maximum atomic E-state index is 12.1. The fourth-order valence-electron chi connectivity index (χ4n) is 2.72. The van der Waals surface area contributed by atoms with Crippen molar-refractivity contribution in [2.75, 3.05) is 19.4 Å². The molecule has 7 heteroatoms. The van der Waals surface area contributed by atoms with Gasteiger partial charge in [-0.1, -0.05) is 19.3 Å². The smallest absolute Gasteiger partial charge is 0.253 e. The Balaban J connectivity index is 2.34. The van der Waals surface area contributed by atoms with Crippen LogP contribution in [0.4, 0.5) is 5.69 Å². The van der Waals surface area contributed by atoms with Gasteiger partial charge in [0.1, 0.15) is 0 Å². The second-order valence-electron chi connectivity index (χ2n) is 5.47. The molecule has 1 aromatic rings. The highest BCUT2D eigenvalue weighted by Crippen LogP contribution is 2.25. The molecule has 0 radical (unpaired) electrons. The van der Waals surface area contributed by atoms with Crippen molar-refractivity contribution in [2.45, 2.75) is 43.0 Å². The molecule has 6 nitrogen and oxygen atoms in total. The second kappa shape index (κ2) is 7.11. The molecule has 1 aliphatic carbocycles. The summed E-state index contributed by atoms with van der Waals surface area (Å²) in [6, 6.07) is 4.94. The topological polar surface area (TPSA) is 87.3 Å². The maximum absolute atomic E-state index is 12.1. The zero-order valence-corrected chi connectivity index (χ0v) is 13.8. The molecule has 0 saturated heterocycles. The van der Waals surface area contributed by atoms with Crippen molar-refractivity contribution in [1.82, 2.24) is 10.0 Å².